The van der Waals surface area contributed by atoms with Crippen molar-refractivity contribution in [3.63, 3.8) is 0 Å². The van der Waals surface area contributed by atoms with E-state index < -0.39 is 0 Å². The summed E-state index contributed by atoms with van der Waals surface area (Å²) in [7, 11) is 0. The molecule has 0 bridgehead atoms. The van der Waals surface area contributed by atoms with E-state index in [4.69, 9.17) is 5.73 Å². The van der Waals surface area contributed by atoms with Gasteiger partial charge < -0.3 is 5.73 Å². The van der Waals surface area contributed by atoms with Gasteiger partial charge in [-0.3, -0.25) is 0 Å². The molecule has 2 N–H and O–H groups in total. The molecule has 0 atom stereocenters. The first-order valence-corrected chi connectivity index (χ1v) is 5.65. The molecule has 1 aromatic heterocycles. The number of nitrogens with two attached hydrogens (primary N) is 1. The Hall–Kier alpha value is -2.13. The van der Waals surface area contributed by atoms with Gasteiger partial charge in [-0.15, -0.1) is 12.4 Å². The fraction of sp³-hybridized carbons (Fsp3) is 0. The molecule has 0 spiro atoms. The van der Waals surface area contributed by atoms with Crippen LogP contribution in [0.2, 0.25) is 0 Å². The number of rotatable bonds is 1. The van der Waals surface area contributed by atoms with Crippen LogP contribution in [0.15, 0.2) is 54.6 Å². The number of nitrogens with zero attached hydrogens (tertiary/aromatic N) is 1. The highest BCUT2D eigenvalue weighted by atomic mass is 35.5. The number of pyridine rings is 1. The van der Waals surface area contributed by atoms with Crippen LogP contribution in [0.5, 0.6) is 0 Å². The maximum absolute atomic E-state index is 13.2. The van der Waals surface area contributed by atoms with Crippen molar-refractivity contribution in [2.75, 3.05) is 5.73 Å². The second-order valence-corrected chi connectivity index (χ2v) is 4.12. The summed E-state index contributed by atoms with van der Waals surface area (Å²) in [5.74, 6) is 0.188. The van der Waals surface area contributed by atoms with Gasteiger partial charge in [-0.2, -0.15) is 0 Å². The molecule has 0 radical (unpaired) electrons. The van der Waals surface area contributed by atoms with Gasteiger partial charge in [-0.25, -0.2) is 9.37 Å². The number of fused-ring (bicyclic) bond motifs is 1. The van der Waals surface area contributed by atoms with Crippen LogP contribution in [0, 0.1) is 5.82 Å². The van der Waals surface area contributed by atoms with Crippen LogP contribution in [0.4, 0.5) is 10.2 Å². The van der Waals surface area contributed by atoms with Crippen molar-refractivity contribution in [2.45, 2.75) is 0 Å². The van der Waals surface area contributed by atoms with E-state index in [9.17, 15) is 4.39 Å². The molecule has 0 aliphatic rings. The van der Waals surface area contributed by atoms with Crippen molar-refractivity contribution >= 4 is 29.1 Å². The third-order valence-electron chi connectivity index (χ3n) is 2.89. The van der Waals surface area contributed by atoms with Crippen molar-refractivity contribution in [2.24, 2.45) is 0 Å². The highest BCUT2D eigenvalue weighted by Gasteiger charge is 2.06. The average Bonchev–Trinajstić information content (AvgIpc) is 2.39. The molecule has 0 fully saturated rings. The Bertz CT molecular complexity index is 714. The zero-order valence-corrected chi connectivity index (χ0v) is 10.8. The Labute approximate surface area is 116 Å². The molecule has 0 unspecified atom stereocenters. The number of anilines is 1. The van der Waals surface area contributed by atoms with Gasteiger partial charge in [0.25, 0.3) is 0 Å². The second kappa shape index (κ2) is 5.24. The summed E-state index contributed by atoms with van der Waals surface area (Å²) in [6.45, 7) is 0. The third-order valence-corrected chi connectivity index (χ3v) is 2.89. The molecule has 0 saturated carbocycles. The first-order chi connectivity index (χ1) is 8.74. The van der Waals surface area contributed by atoms with Crippen LogP contribution in [0.25, 0.3) is 22.0 Å². The lowest BCUT2D eigenvalue weighted by Gasteiger charge is -2.07. The van der Waals surface area contributed by atoms with Gasteiger partial charge in [-0.05, 0) is 29.8 Å². The molecule has 1 heterocycles. The van der Waals surface area contributed by atoms with Gasteiger partial charge in [0.1, 0.15) is 11.6 Å². The van der Waals surface area contributed by atoms with Crippen LogP contribution >= 0.6 is 12.4 Å². The van der Waals surface area contributed by atoms with Crippen molar-refractivity contribution < 1.29 is 4.39 Å². The van der Waals surface area contributed by atoms with Gasteiger partial charge in [0.2, 0.25) is 0 Å². The molecule has 0 aliphatic carbocycles. The fourth-order valence-electron chi connectivity index (χ4n) is 2.01. The monoisotopic (exact) mass is 274 g/mol. The van der Waals surface area contributed by atoms with Crippen LogP contribution in [0.1, 0.15) is 0 Å². The first-order valence-electron chi connectivity index (χ1n) is 5.65. The van der Waals surface area contributed by atoms with Gasteiger partial charge >= 0.3 is 0 Å². The lowest BCUT2D eigenvalue weighted by Crippen LogP contribution is -1.95. The largest absolute Gasteiger partial charge is 0.383 e. The fourth-order valence-corrected chi connectivity index (χ4v) is 2.01. The molecule has 0 amide bonds. The van der Waals surface area contributed by atoms with Gasteiger partial charge in [0.05, 0.1) is 5.52 Å². The number of aromatic nitrogens is 1. The Kier molecular flexibility index (Phi) is 3.67. The second-order valence-electron chi connectivity index (χ2n) is 4.12. The topological polar surface area (TPSA) is 38.9 Å². The lowest BCUT2D eigenvalue weighted by atomic mass is 10.0. The number of benzene rings is 2. The van der Waals surface area contributed by atoms with E-state index in [1.807, 2.05) is 36.4 Å². The molecule has 2 nitrogen and oxygen atoms in total. The Balaban J connectivity index is 0.00000133. The van der Waals surface area contributed by atoms with E-state index in [2.05, 4.69) is 4.98 Å². The van der Waals surface area contributed by atoms with E-state index >= 15 is 0 Å². The minimum atomic E-state index is -0.270. The van der Waals surface area contributed by atoms with Crippen molar-refractivity contribution in [1.29, 1.82) is 0 Å². The van der Waals surface area contributed by atoms with Gasteiger partial charge in [-0.1, -0.05) is 30.3 Å². The highest BCUT2D eigenvalue weighted by molar-refractivity contribution is 5.88. The van der Waals surface area contributed by atoms with Gasteiger partial charge in [0, 0.05) is 10.9 Å². The highest BCUT2D eigenvalue weighted by Crippen LogP contribution is 2.28. The molecule has 3 rings (SSSR count). The van der Waals surface area contributed by atoms with Gasteiger partial charge in [0.15, 0.2) is 0 Å². The van der Waals surface area contributed by atoms with E-state index in [1.54, 1.807) is 6.07 Å². The van der Waals surface area contributed by atoms with E-state index in [0.717, 1.165) is 16.5 Å². The van der Waals surface area contributed by atoms with Crippen LogP contribution in [-0.2, 0) is 0 Å². The standard InChI is InChI=1S/C15H11FN2.ClH/c16-12-6-7-14-11(8-12)9-13(15(17)18-14)10-4-2-1-3-5-10;/h1-9H,(H2,17,18);1H. The lowest BCUT2D eigenvalue weighted by molar-refractivity contribution is 0.629. The van der Waals surface area contributed by atoms with Crippen molar-refractivity contribution in [1.82, 2.24) is 4.98 Å². The van der Waals surface area contributed by atoms with Crippen LogP contribution < -0.4 is 5.73 Å². The molecule has 96 valence electrons. The van der Waals surface area contributed by atoms with Crippen LogP contribution in [-0.4, -0.2) is 4.98 Å². The van der Waals surface area contributed by atoms with E-state index in [0.29, 0.717) is 11.3 Å². The first kappa shape index (κ1) is 13.3. The maximum atomic E-state index is 13.2. The number of hydrogen-bond donors (Lipinski definition) is 1. The summed E-state index contributed by atoms with van der Waals surface area (Å²) in [5, 5.41) is 0.753. The predicted molar refractivity (Wildman–Crippen MR) is 78.8 cm³/mol. The quantitative estimate of drug-likeness (QED) is 0.727. The summed E-state index contributed by atoms with van der Waals surface area (Å²) < 4.78 is 13.2. The minimum absolute atomic E-state index is 0. The van der Waals surface area contributed by atoms with E-state index in [1.165, 1.54) is 12.1 Å². The SMILES string of the molecule is Cl.Nc1nc2ccc(F)cc2cc1-c1ccccc1. The molecule has 0 aliphatic heterocycles. The number of nitrogen functional groups attached to an aromatic ring is 1. The van der Waals surface area contributed by atoms with E-state index in [-0.39, 0.29) is 18.2 Å². The number of hydrogen-bond acceptors (Lipinski definition) is 2. The molecule has 19 heavy (non-hydrogen) atoms. The normalized spacial score (nSPS) is 10.2. The van der Waals surface area contributed by atoms with Crippen molar-refractivity contribution in [3.8, 4) is 11.1 Å². The number of halogens is 2. The molecule has 4 heteroatoms. The zero-order valence-electron chi connectivity index (χ0n) is 10.0. The predicted octanol–water partition coefficient (Wildman–Crippen LogP) is 4.04. The Morgan fingerprint density at radius 2 is 1.68 bits per heavy atom. The minimum Gasteiger partial charge on any atom is -0.383 e. The molecule has 0 saturated heterocycles. The average molecular weight is 275 g/mol. The molecule has 2 aromatic carbocycles. The van der Waals surface area contributed by atoms with Crippen molar-refractivity contribution in [3.05, 3.63) is 60.4 Å². The summed E-state index contributed by atoms with van der Waals surface area (Å²) in [6.07, 6.45) is 0. The Morgan fingerprint density at radius 1 is 0.947 bits per heavy atom. The summed E-state index contributed by atoms with van der Waals surface area (Å²) in [4.78, 5) is 4.30. The summed E-state index contributed by atoms with van der Waals surface area (Å²) in [5.41, 5.74) is 8.46. The molecular weight excluding hydrogens is 263 g/mol. The molecule has 3 aromatic rings. The summed E-state index contributed by atoms with van der Waals surface area (Å²) in [6, 6.07) is 16.1. The smallest absolute Gasteiger partial charge is 0.131 e. The third kappa shape index (κ3) is 2.51. The Morgan fingerprint density at radius 3 is 2.42 bits per heavy atom. The summed E-state index contributed by atoms with van der Waals surface area (Å²) >= 11 is 0. The van der Waals surface area contributed by atoms with Crippen LogP contribution in [0.3, 0.4) is 0 Å². The zero-order chi connectivity index (χ0) is 12.5. The molecular formula is C15H12ClFN2. The maximum Gasteiger partial charge on any atom is 0.131 e.